The Balaban J connectivity index is -0.0000000612. The van der Waals surface area contributed by atoms with Gasteiger partial charge in [0.05, 0.1) is 25.3 Å². The highest BCUT2D eigenvalue weighted by molar-refractivity contribution is 8.76. The molecule has 22 nitrogen and oxygen atoms in total. The predicted molar refractivity (Wildman–Crippen MR) is 702 cm³/mol. The number of rotatable bonds is 42. The van der Waals surface area contributed by atoms with Gasteiger partial charge in [-0.25, -0.2) is 15.2 Å². The lowest BCUT2D eigenvalue weighted by Gasteiger charge is -2.22. The van der Waals surface area contributed by atoms with Gasteiger partial charge in [0.25, 0.3) is 0 Å². The van der Waals surface area contributed by atoms with Crippen LogP contribution in [0.5, 0.6) is 11.5 Å². The van der Waals surface area contributed by atoms with Crippen LogP contribution in [0.3, 0.4) is 0 Å². The van der Waals surface area contributed by atoms with Crippen LogP contribution in [0.1, 0.15) is 464 Å². The summed E-state index contributed by atoms with van der Waals surface area (Å²) >= 11 is 7.70. The number of benzene rings is 3. The number of aromatic nitrogens is 3. The molecular weight excluding hydrogens is 1970 g/mol. The second kappa shape index (κ2) is 226. The largest absolute Gasteiger partial charge is 0.504 e. The molecule has 1 fully saturated rings. The van der Waals surface area contributed by atoms with E-state index in [-0.39, 0.29) is 24.5 Å². The summed E-state index contributed by atoms with van der Waals surface area (Å²) in [5, 5.41) is 65.0. The molecule has 6 rings (SSSR count). The maximum atomic E-state index is 9.87. The van der Waals surface area contributed by atoms with Crippen molar-refractivity contribution >= 4 is 86.8 Å². The van der Waals surface area contributed by atoms with Crippen LogP contribution in [0, 0.1) is 0 Å². The second-order valence-corrected chi connectivity index (χ2v) is 36.9. The van der Waals surface area contributed by atoms with E-state index in [9.17, 15) is 9.59 Å². The van der Waals surface area contributed by atoms with Gasteiger partial charge < -0.3 is 84.0 Å². The minimum Gasteiger partial charge on any atom is -0.504 e. The van der Waals surface area contributed by atoms with Crippen LogP contribution < -0.4 is 44.4 Å². The molecule has 0 radical (unpaired) electrons. The first-order valence-corrected chi connectivity index (χ1v) is 63.5. The average Bonchev–Trinajstić information content (AvgIpc) is 1.70. The van der Waals surface area contributed by atoms with E-state index in [0.29, 0.717) is 25.8 Å². The molecule has 0 amide bonds. The number of aliphatic hydroxyl groups excluding tert-OH is 3. The fourth-order valence-electron chi connectivity index (χ4n) is 7.35. The van der Waals surface area contributed by atoms with E-state index in [2.05, 4.69) is 312 Å². The van der Waals surface area contributed by atoms with Crippen molar-refractivity contribution in [3.05, 3.63) is 163 Å². The fraction of sp³-hybridized carbons (Fsp3) is 0.724. The zero-order valence-electron chi connectivity index (χ0n) is 106. The zero-order valence-corrected chi connectivity index (χ0v) is 110. The Hall–Kier alpha value is -5.47. The zero-order chi connectivity index (χ0) is 120. The first-order chi connectivity index (χ1) is 72.3. The number of hydrogen-bond acceptors (Lipinski definition) is 23. The number of hydrazine groups is 1. The van der Waals surface area contributed by atoms with Gasteiger partial charge in [-0.05, 0) is 214 Å². The van der Waals surface area contributed by atoms with Gasteiger partial charge in [-0.2, -0.15) is 36.2 Å². The molecule has 1 aliphatic heterocycles. The third kappa shape index (κ3) is 282. The van der Waals surface area contributed by atoms with Gasteiger partial charge in [-0.1, -0.05) is 437 Å². The van der Waals surface area contributed by atoms with E-state index in [1.807, 2.05) is 117 Å². The highest BCUT2D eigenvalue weighted by atomic mass is 33.1. The van der Waals surface area contributed by atoms with Gasteiger partial charge in [0.15, 0.2) is 11.5 Å². The number of carboxylic acids is 2. The predicted octanol–water partition coefficient (Wildman–Crippen LogP) is 35.1. The first-order valence-electron chi connectivity index (χ1n) is 57.8. The van der Waals surface area contributed by atoms with Crippen molar-refractivity contribution in [2.75, 3.05) is 114 Å². The molecule has 150 heavy (non-hydrogen) atoms. The van der Waals surface area contributed by atoms with E-state index >= 15 is 0 Å². The van der Waals surface area contributed by atoms with Crippen molar-refractivity contribution in [3.63, 3.8) is 0 Å². The number of imidazole rings is 1. The van der Waals surface area contributed by atoms with E-state index in [0.717, 1.165) is 120 Å². The first kappa shape index (κ1) is 195. The van der Waals surface area contributed by atoms with Crippen LogP contribution in [0.4, 0.5) is 0 Å². The molecule has 27 heteroatoms. The van der Waals surface area contributed by atoms with Gasteiger partial charge in [0, 0.05) is 99.8 Å². The van der Waals surface area contributed by atoms with Crippen LogP contribution in [-0.4, -0.2) is 189 Å². The molecule has 0 aliphatic carbocycles. The number of nitrogens with two attached hydrogens (primary N) is 4. The highest BCUT2D eigenvalue weighted by Crippen LogP contribution is 2.25. The molecule has 904 valence electrons. The number of aromatic hydroxyl groups is 2. The number of thioether (sulfide) groups is 2. The number of aliphatic imine (C=N–C) groups is 1. The minimum atomic E-state index is -0.984. The molecule has 0 bridgehead atoms. The van der Waals surface area contributed by atoms with E-state index in [1.54, 1.807) is 66.4 Å². The normalized spacial score (nSPS) is 9.73. The molecule has 0 spiro atoms. The number of nitrogens with zero attached hydrogens (tertiary/aromatic N) is 2. The van der Waals surface area contributed by atoms with E-state index in [4.69, 9.17) is 58.7 Å². The van der Waals surface area contributed by atoms with Crippen LogP contribution in [0.2, 0.25) is 0 Å². The Bertz CT molecular complexity index is 2840. The summed E-state index contributed by atoms with van der Waals surface area (Å²) in [7, 11) is 4.90. The summed E-state index contributed by atoms with van der Waals surface area (Å²) in [5.41, 5.74) is 32.6. The minimum absolute atomic E-state index is 0.0423. The number of nitrogens with one attached hydrogen (secondary N) is 6. The third-order valence-corrected chi connectivity index (χ3v) is 20.1. The van der Waals surface area contributed by atoms with Gasteiger partial charge in [-0.3, -0.25) is 15.2 Å². The number of aliphatic hydroxyl groups is 3. The number of aliphatic carboxylic acids is 2. The van der Waals surface area contributed by atoms with Crippen LogP contribution >= 0.6 is 57.7 Å². The van der Waals surface area contributed by atoms with Crippen molar-refractivity contribution in [3.8, 4) is 11.5 Å². The van der Waals surface area contributed by atoms with Crippen LogP contribution in [0.25, 0.3) is 10.9 Å². The van der Waals surface area contributed by atoms with Crippen LogP contribution in [-0.2, 0) is 40.0 Å². The number of aromatic amines is 2. The number of phenols is 2. The number of fused-ring (bicyclic) bond motifs is 1. The topological polar surface area (TPSA) is 394 Å². The lowest BCUT2D eigenvalue weighted by atomic mass is 10.1. The molecule has 1 unspecified atom stereocenters. The number of unbranched alkanes of at least 4 members (excludes halogenated alkanes) is 11. The average molecular weight is 2230 g/mol. The summed E-state index contributed by atoms with van der Waals surface area (Å²) in [6.45, 7) is 86.3. The maximum Gasteiger partial charge on any atom is 0.346 e. The molecule has 5 aromatic rings. The maximum absolute atomic E-state index is 9.87. The number of hydrogen-bond donors (Lipinski definition) is 18. The van der Waals surface area contributed by atoms with E-state index < -0.39 is 11.9 Å². The second-order valence-electron chi connectivity index (χ2n) is 31.2. The van der Waals surface area contributed by atoms with Crippen LogP contribution in [0.15, 0.2) is 146 Å². The van der Waals surface area contributed by atoms with Crippen molar-refractivity contribution in [1.29, 1.82) is 0 Å². The number of carbonyl (C=O) groups is 2. The van der Waals surface area contributed by atoms with Crippen molar-refractivity contribution in [2.45, 2.75) is 474 Å². The molecule has 1 saturated heterocycles. The molecule has 0 saturated carbocycles. The van der Waals surface area contributed by atoms with Crippen molar-refractivity contribution in [2.24, 2.45) is 27.9 Å². The number of allylic oxidation sites excluding steroid dienone is 4. The number of methoxy groups -OCH3 is 1. The van der Waals surface area contributed by atoms with Gasteiger partial charge >= 0.3 is 11.9 Å². The molecule has 21 N–H and O–H groups in total. The Morgan fingerprint density at radius 1 is 0.547 bits per heavy atom. The number of carboxylic acid groups (broad SMARTS) is 2. The third-order valence-electron chi connectivity index (χ3n) is 16.0. The number of ether oxygens (including phenoxy) is 1. The van der Waals surface area contributed by atoms with Crippen molar-refractivity contribution < 1.29 is 50.1 Å². The lowest BCUT2D eigenvalue weighted by Crippen LogP contribution is -2.39. The molecule has 1 atom stereocenters. The van der Waals surface area contributed by atoms with E-state index in [1.165, 1.54) is 218 Å². The summed E-state index contributed by atoms with van der Waals surface area (Å²) in [6, 6.07) is 24.5. The van der Waals surface area contributed by atoms with Gasteiger partial charge in [0.1, 0.15) is 6.21 Å². The SMILES string of the molecule is C/C=C/CC.C=CCC.CC.CC1CCN1.CCC.CCC.CCC=CCC(=O)O.CCCC.CCCC.CCCCC.CCCCC.CCCCCN.CCCCN.CCCCNC=CN.CCCCNNCN.CCCO.CCCO.CCCSC.CCCSCC.CCO.CCOC.CCS.CCSSCN=CC(=O)O.CCc1c[nH]c2ccccc12.CCc1ccc(O)c(O)c1.CCc1ccccc1.CCc1cnc[nH]1. The monoisotopic (exact) mass is 2230 g/mol. The standard InChI is InChI=1S/C10H11N.C8H10O2.C8H10.C6H14N2.C6H10O2.C5H15N3.C5H8N2.C5H9NO2S2.C5H13N.C5H12S.2C5H12.C5H10.C4H9N.C4H11N.C4H10S.2C4H10.C4H8.3C3H8O.2C3H8.C2H6O.C2H6S.C2H6/c1-2-8-7-11-10-6-4-3-5-9(8)10;1-2-6-3-4-7(9)8(10)5-6;1-2-8-6-4-3-5-7-8;1-2-3-5-8-6-4-7;1-2-3-4-5-6(7)8;1-2-3-4-7-8-5-6;1-2-5-3-6-4-7-5;1-2-9-10-4-6-3-5(7)8;1-2-3-4-5-6;1-3-5-6-4-2;3*1-3-5-4-2;1-4-2-3-5-4;1-2-3-4-5;1-3-4-5-2;4*1-3-4-2;2*1-2-3-4;2*1-3-2;2*1-2-3;1-2/h3-7,11H,2H2,1H3;3-5,9-10H,2H2,1H3;3-7H,2H2,1H3;4,6,8H,2-3,5,7H2,1H3;3-4H,2,5H2,1H3,(H,7,8);7-8H,2-6H2,1H3;3-4H,2H2,1H3,(H,6,7);3H,2,4H2,1H3,(H,7,8);2-6H2,1H3;3-5H2,1-2H3;2*3-5H2,1-2H3;3,5H,4H2,1-2H3;4-5H,2-3H2,1H3;2-5H2,1H3;3-4H2,1-2H3;2*3-4H2,1-2H3;3H,1,4H2,2H3;3H2,1-2H3;2*4H,2-3H2,1H3;2*3H2,1-2H3;2*3H,2H2,1H3;1-2H3/b;;;;;;;;;;;;5-3+;;;;;;;;;;;;;;. The smallest absolute Gasteiger partial charge is 0.346 e. The summed E-state index contributed by atoms with van der Waals surface area (Å²) in [4.78, 5) is 33.4. The summed E-state index contributed by atoms with van der Waals surface area (Å²) in [6.07, 6.45) is 61.6. The number of para-hydroxylation sites is 1. The molecule has 3 heterocycles. The fourth-order valence-corrected chi connectivity index (χ4v) is 9.61. The number of H-pyrrole nitrogens is 2. The highest BCUT2D eigenvalue weighted by Gasteiger charge is 2.07. The lowest BCUT2D eigenvalue weighted by molar-refractivity contribution is -0.136. The quantitative estimate of drug-likeness (QED) is 0.00252. The Labute approximate surface area is 956 Å². The van der Waals surface area contributed by atoms with Crippen molar-refractivity contribution in [1.82, 2.24) is 36.4 Å². The van der Waals surface area contributed by atoms with Gasteiger partial charge in [0.2, 0.25) is 0 Å². The molecular formula is C123H262N12O10S5. The summed E-state index contributed by atoms with van der Waals surface area (Å²) < 4.78 is 4.54. The van der Waals surface area contributed by atoms with Gasteiger partial charge in [-0.15, -0.1) is 6.58 Å². The Morgan fingerprint density at radius 2 is 0.987 bits per heavy atom. The molecule has 2 aromatic heterocycles. The number of thiol groups is 1. The summed E-state index contributed by atoms with van der Waals surface area (Å²) in [5.74, 6) is 4.54. The Kier molecular flexibility index (Phi) is 294. The number of aryl methyl sites for hydroxylation is 4. The molecule has 3 aromatic carbocycles. The Morgan fingerprint density at radius 3 is 1.23 bits per heavy atom. The number of phenolic OH excluding ortho intramolecular Hbond substituents is 2. The molecule has 1 aliphatic rings.